The van der Waals surface area contributed by atoms with Crippen LogP contribution < -0.4 is 5.32 Å². The van der Waals surface area contributed by atoms with Crippen molar-refractivity contribution in [2.45, 2.75) is 71.2 Å². The molecular weight excluding hydrogens is 459 g/mol. The highest BCUT2D eigenvalue weighted by Crippen LogP contribution is 2.37. The highest BCUT2D eigenvalue weighted by atomic mass is 19.4. The lowest BCUT2D eigenvalue weighted by atomic mass is 9.80. The minimum absolute atomic E-state index is 0.280. The van der Waals surface area contributed by atoms with Crippen LogP contribution in [0.15, 0.2) is 30.6 Å². The van der Waals surface area contributed by atoms with Crippen molar-refractivity contribution in [2.75, 3.05) is 5.32 Å². The SMILES string of the molecule is CC(C)C1CCC(n2cc3cc(NC(=O)c4ccnc(C(F)(F)F)n4)c(C(C)(C)O)cc3n2)CC1. The van der Waals surface area contributed by atoms with Gasteiger partial charge >= 0.3 is 6.18 Å². The number of rotatable bonds is 5. The zero-order valence-electron chi connectivity index (χ0n) is 20.2. The zero-order valence-corrected chi connectivity index (χ0v) is 20.2. The van der Waals surface area contributed by atoms with E-state index in [1.165, 1.54) is 0 Å². The molecule has 10 heteroatoms. The van der Waals surface area contributed by atoms with E-state index >= 15 is 0 Å². The Bertz CT molecular complexity index is 1220. The Balaban J connectivity index is 1.64. The van der Waals surface area contributed by atoms with Gasteiger partial charge in [0.05, 0.1) is 17.2 Å². The first kappa shape index (κ1) is 25.1. The lowest BCUT2D eigenvalue weighted by molar-refractivity contribution is -0.145. The molecule has 1 saturated carbocycles. The lowest BCUT2D eigenvalue weighted by Crippen LogP contribution is -2.22. The topological polar surface area (TPSA) is 92.9 Å². The second kappa shape index (κ2) is 9.22. The molecule has 3 aromatic rings. The summed E-state index contributed by atoms with van der Waals surface area (Å²) in [6, 6.07) is 4.79. The van der Waals surface area contributed by atoms with E-state index in [9.17, 15) is 23.1 Å². The number of amides is 1. The van der Waals surface area contributed by atoms with Crippen molar-refractivity contribution in [2.24, 2.45) is 11.8 Å². The molecule has 188 valence electrons. The number of aromatic nitrogens is 4. The third-order valence-electron chi connectivity index (χ3n) is 6.77. The Labute approximate surface area is 201 Å². The van der Waals surface area contributed by atoms with Crippen molar-refractivity contribution in [3.05, 3.63) is 47.7 Å². The minimum atomic E-state index is -4.77. The number of anilines is 1. The zero-order chi connectivity index (χ0) is 25.5. The van der Waals surface area contributed by atoms with E-state index in [0.717, 1.165) is 49.3 Å². The summed E-state index contributed by atoms with van der Waals surface area (Å²) < 4.78 is 40.9. The fourth-order valence-electron chi connectivity index (χ4n) is 4.73. The number of fused-ring (bicyclic) bond motifs is 1. The van der Waals surface area contributed by atoms with Gasteiger partial charge in [-0.15, -0.1) is 0 Å². The largest absolute Gasteiger partial charge is 0.451 e. The maximum atomic E-state index is 13.0. The van der Waals surface area contributed by atoms with Crippen molar-refractivity contribution in [3.8, 4) is 0 Å². The smallest absolute Gasteiger partial charge is 0.386 e. The summed E-state index contributed by atoms with van der Waals surface area (Å²) in [4.78, 5) is 19.3. The van der Waals surface area contributed by atoms with Gasteiger partial charge in [0.25, 0.3) is 5.91 Å². The molecule has 0 aliphatic heterocycles. The molecule has 1 amide bonds. The number of benzene rings is 1. The van der Waals surface area contributed by atoms with Crippen LogP contribution >= 0.6 is 0 Å². The average molecular weight is 490 g/mol. The van der Waals surface area contributed by atoms with Gasteiger partial charge in [-0.3, -0.25) is 9.48 Å². The molecule has 0 radical (unpaired) electrons. The highest BCUT2D eigenvalue weighted by molar-refractivity contribution is 6.04. The second-order valence-electron chi connectivity index (χ2n) is 10.2. The third-order valence-corrected chi connectivity index (χ3v) is 6.77. The van der Waals surface area contributed by atoms with Crippen LogP contribution in [-0.4, -0.2) is 30.8 Å². The number of hydrogen-bond acceptors (Lipinski definition) is 5. The Kier molecular flexibility index (Phi) is 6.61. The Morgan fingerprint density at radius 1 is 1.17 bits per heavy atom. The van der Waals surface area contributed by atoms with Crippen LogP contribution in [0.3, 0.4) is 0 Å². The summed E-state index contributed by atoms with van der Waals surface area (Å²) in [5.41, 5.74) is -0.403. The number of alkyl halides is 3. The van der Waals surface area contributed by atoms with Gasteiger partial charge < -0.3 is 10.4 Å². The van der Waals surface area contributed by atoms with E-state index in [-0.39, 0.29) is 11.7 Å². The monoisotopic (exact) mass is 489 g/mol. The van der Waals surface area contributed by atoms with Gasteiger partial charge in [-0.25, -0.2) is 9.97 Å². The predicted octanol–water partition coefficient (Wildman–Crippen LogP) is 5.71. The van der Waals surface area contributed by atoms with Gasteiger partial charge in [-0.1, -0.05) is 13.8 Å². The standard InChI is InChI=1S/C25H30F3N5O2/c1-14(2)15-5-7-17(8-6-15)33-13-16-11-21(18(24(3,4)35)12-20(16)32-33)30-22(34)19-9-10-29-23(31-19)25(26,27)28/h9-15,17,35H,5-8H2,1-4H3,(H,30,34). The van der Waals surface area contributed by atoms with Crippen LogP contribution in [0.2, 0.25) is 0 Å². The molecule has 35 heavy (non-hydrogen) atoms. The number of carbonyl (C=O) groups is 1. The molecule has 1 aliphatic carbocycles. The fourth-order valence-corrected chi connectivity index (χ4v) is 4.73. The molecule has 2 N–H and O–H groups in total. The summed E-state index contributed by atoms with van der Waals surface area (Å²) >= 11 is 0. The van der Waals surface area contributed by atoms with E-state index in [1.807, 2.05) is 10.9 Å². The molecule has 0 saturated heterocycles. The van der Waals surface area contributed by atoms with Gasteiger partial charge in [0.2, 0.25) is 5.82 Å². The highest BCUT2D eigenvalue weighted by Gasteiger charge is 2.35. The number of nitrogens with one attached hydrogen (secondary N) is 1. The van der Waals surface area contributed by atoms with Crippen LogP contribution in [0.25, 0.3) is 10.9 Å². The molecule has 0 spiro atoms. The molecule has 1 aliphatic rings. The molecule has 1 aromatic carbocycles. The molecule has 0 bridgehead atoms. The summed E-state index contributed by atoms with van der Waals surface area (Å²) in [5.74, 6) is -0.839. The maximum absolute atomic E-state index is 13.0. The number of nitrogens with zero attached hydrogens (tertiary/aromatic N) is 4. The number of halogens is 3. The summed E-state index contributed by atoms with van der Waals surface area (Å²) in [5, 5.41) is 18.9. The van der Waals surface area contributed by atoms with Crippen LogP contribution in [-0.2, 0) is 11.8 Å². The van der Waals surface area contributed by atoms with Crippen molar-refractivity contribution >= 4 is 22.5 Å². The van der Waals surface area contributed by atoms with Crippen LogP contribution in [0, 0.1) is 11.8 Å². The predicted molar refractivity (Wildman–Crippen MR) is 126 cm³/mol. The van der Waals surface area contributed by atoms with Crippen molar-refractivity contribution in [1.82, 2.24) is 19.7 Å². The molecule has 0 atom stereocenters. The first-order valence-electron chi connectivity index (χ1n) is 11.8. The third kappa shape index (κ3) is 5.47. The van der Waals surface area contributed by atoms with Gasteiger partial charge in [0, 0.05) is 29.0 Å². The molecule has 2 heterocycles. The van der Waals surface area contributed by atoms with Crippen molar-refractivity contribution in [3.63, 3.8) is 0 Å². The van der Waals surface area contributed by atoms with Crippen LogP contribution in [0.4, 0.5) is 18.9 Å². The number of carbonyl (C=O) groups excluding carboxylic acids is 1. The molecule has 4 rings (SSSR count). The van der Waals surface area contributed by atoms with Gasteiger partial charge in [0.1, 0.15) is 5.69 Å². The fraction of sp³-hybridized carbons (Fsp3) is 0.520. The first-order chi connectivity index (χ1) is 16.3. The average Bonchev–Trinajstić information content (AvgIpc) is 3.20. The molecule has 0 unspecified atom stereocenters. The second-order valence-corrected chi connectivity index (χ2v) is 10.2. The van der Waals surface area contributed by atoms with Gasteiger partial charge in [-0.05, 0) is 69.6 Å². The van der Waals surface area contributed by atoms with E-state index in [0.29, 0.717) is 17.0 Å². The number of hydrogen-bond donors (Lipinski definition) is 2. The van der Waals surface area contributed by atoms with E-state index in [2.05, 4.69) is 29.1 Å². The molecular formula is C25H30F3N5O2. The van der Waals surface area contributed by atoms with E-state index in [4.69, 9.17) is 5.10 Å². The van der Waals surface area contributed by atoms with Crippen LogP contribution in [0.1, 0.15) is 81.3 Å². The quantitative estimate of drug-likeness (QED) is 0.479. The summed E-state index contributed by atoms with van der Waals surface area (Å²) in [6.45, 7) is 7.65. The lowest BCUT2D eigenvalue weighted by Gasteiger charge is -2.30. The van der Waals surface area contributed by atoms with Gasteiger partial charge in [-0.2, -0.15) is 18.3 Å². The summed E-state index contributed by atoms with van der Waals surface area (Å²) in [7, 11) is 0. The van der Waals surface area contributed by atoms with Crippen molar-refractivity contribution in [1.29, 1.82) is 0 Å². The van der Waals surface area contributed by atoms with Crippen LogP contribution in [0.5, 0.6) is 0 Å². The van der Waals surface area contributed by atoms with Crippen molar-refractivity contribution < 1.29 is 23.1 Å². The molecule has 1 fully saturated rings. The first-order valence-corrected chi connectivity index (χ1v) is 11.8. The maximum Gasteiger partial charge on any atom is 0.451 e. The minimum Gasteiger partial charge on any atom is -0.386 e. The normalized spacial score (nSPS) is 19.3. The molecule has 7 nitrogen and oxygen atoms in total. The Morgan fingerprint density at radius 2 is 1.86 bits per heavy atom. The Morgan fingerprint density at radius 3 is 2.46 bits per heavy atom. The Hall–Kier alpha value is -3.01. The molecule has 2 aromatic heterocycles. The van der Waals surface area contributed by atoms with E-state index in [1.54, 1.807) is 26.0 Å². The van der Waals surface area contributed by atoms with Gasteiger partial charge in [0.15, 0.2) is 0 Å². The summed E-state index contributed by atoms with van der Waals surface area (Å²) in [6.07, 6.45) is 2.41. The van der Waals surface area contributed by atoms with E-state index < -0.39 is 29.2 Å². The number of aliphatic hydroxyl groups is 1.